The van der Waals surface area contributed by atoms with Gasteiger partial charge >= 0.3 is 0 Å². The Kier molecular flexibility index (Phi) is 5.27. The van der Waals surface area contributed by atoms with Crippen LogP contribution in [-0.2, 0) is 4.89 Å². The summed E-state index contributed by atoms with van der Waals surface area (Å²) in [4.78, 5) is 21.0. The van der Waals surface area contributed by atoms with E-state index in [2.05, 4.69) is 10.2 Å². The van der Waals surface area contributed by atoms with Crippen LogP contribution in [0.2, 0.25) is 5.02 Å². The van der Waals surface area contributed by atoms with Gasteiger partial charge in [0.15, 0.2) is 5.75 Å². The third kappa shape index (κ3) is 4.00. The molecule has 1 fully saturated rings. The summed E-state index contributed by atoms with van der Waals surface area (Å²) in [7, 11) is 1.36. The van der Waals surface area contributed by atoms with E-state index in [0.29, 0.717) is 16.8 Å². The first-order valence-corrected chi connectivity index (χ1v) is 7.25. The van der Waals surface area contributed by atoms with Crippen molar-refractivity contribution in [3.8, 4) is 5.75 Å². The van der Waals surface area contributed by atoms with E-state index >= 15 is 0 Å². The second-order valence-corrected chi connectivity index (χ2v) is 5.61. The molecule has 7 heteroatoms. The molecule has 0 atom stereocenters. The summed E-state index contributed by atoms with van der Waals surface area (Å²) < 4.78 is 0. The van der Waals surface area contributed by atoms with Gasteiger partial charge < -0.3 is 21.7 Å². The maximum Gasteiger partial charge on any atom is 0.252 e. The second-order valence-electron chi connectivity index (χ2n) is 5.20. The van der Waals surface area contributed by atoms with Gasteiger partial charge in [-0.25, -0.2) is 0 Å². The minimum Gasteiger partial charge on any atom is -0.381 e. The van der Waals surface area contributed by atoms with Gasteiger partial charge in [-0.1, -0.05) is 11.6 Å². The van der Waals surface area contributed by atoms with Gasteiger partial charge in [0.05, 0.1) is 23.4 Å². The first-order chi connectivity index (χ1) is 10.0. The van der Waals surface area contributed by atoms with Crippen LogP contribution in [0.3, 0.4) is 0 Å². The highest BCUT2D eigenvalue weighted by Crippen LogP contribution is 2.33. The Morgan fingerprint density at radius 1 is 1.33 bits per heavy atom. The summed E-state index contributed by atoms with van der Waals surface area (Å²) in [5.41, 5.74) is 12.1. The van der Waals surface area contributed by atoms with Crippen molar-refractivity contribution in [3.05, 3.63) is 22.7 Å². The maximum absolute atomic E-state index is 11.4. The fraction of sp³-hybridized carbons (Fsp3) is 0.500. The molecule has 0 bridgehead atoms. The summed E-state index contributed by atoms with van der Waals surface area (Å²) in [6.45, 7) is 0. The normalized spacial score (nSPS) is 21.9. The predicted octanol–water partition coefficient (Wildman–Crippen LogP) is 2.06. The van der Waals surface area contributed by atoms with Crippen molar-refractivity contribution in [2.75, 3.05) is 12.4 Å². The van der Waals surface area contributed by atoms with Crippen LogP contribution in [0.4, 0.5) is 5.69 Å². The van der Waals surface area contributed by atoms with E-state index in [1.165, 1.54) is 13.2 Å². The molecule has 21 heavy (non-hydrogen) atoms. The van der Waals surface area contributed by atoms with Gasteiger partial charge in [-0.2, -0.15) is 4.89 Å². The molecule has 1 aliphatic rings. The zero-order chi connectivity index (χ0) is 15.4. The first-order valence-electron chi connectivity index (χ1n) is 6.87. The van der Waals surface area contributed by atoms with Crippen LogP contribution in [-0.4, -0.2) is 25.1 Å². The smallest absolute Gasteiger partial charge is 0.252 e. The summed E-state index contributed by atoms with van der Waals surface area (Å²) in [5, 5.41) is 3.78. The van der Waals surface area contributed by atoms with Crippen LogP contribution in [0.25, 0.3) is 0 Å². The Hall–Kier alpha value is -1.50. The summed E-state index contributed by atoms with van der Waals surface area (Å²) >= 11 is 6.20. The molecule has 1 saturated carbocycles. The van der Waals surface area contributed by atoms with Crippen LogP contribution in [0.15, 0.2) is 12.1 Å². The highest BCUT2D eigenvalue weighted by Gasteiger charge is 2.21. The highest BCUT2D eigenvalue weighted by molar-refractivity contribution is 6.33. The minimum atomic E-state index is -0.626. The number of nitrogens with two attached hydrogens (primary N) is 2. The number of carbonyl (C=O) groups is 1. The number of primary amides is 1. The van der Waals surface area contributed by atoms with E-state index in [0.717, 1.165) is 25.7 Å². The highest BCUT2D eigenvalue weighted by atomic mass is 35.5. The first kappa shape index (κ1) is 15.9. The number of carbonyl (C=O) groups excluding carboxylic acids is 1. The number of hydrogen-bond acceptors (Lipinski definition) is 5. The number of rotatable bonds is 5. The lowest BCUT2D eigenvalue weighted by atomic mass is 9.91. The summed E-state index contributed by atoms with van der Waals surface area (Å²) in [6, 6.07) is 3.69. The zero-order valence-electron chi connectivity index (χ0n) is 11.9. The average Bonchev–Trinajstić information content (AvgIpc) is 2.44. The van der Waals surface area contributed by atoms with Gasteiger partial charge in [-0.15, -0.1) is 0 Å². The molecule has 1 amide bonds. The number of hydrogen-bond donors (Lipinski definition) is 3. The zero-order valence-corrected chi connectivity index (χ0v) is 12.7. The molecule has 0 radical (unpaired) electrons. The van der Waals surface area contributed by atoms with Crippen molar-refractivity contribution < 1.29 is 14.6 Å². The summed E-state index contributed by atoms with van der Waals surface area (Å²) in [6.07, 6.45) is 3.93. The fourth-order valence-electron chi connectivity index (χ4n) is 2.50. The topological polar surface area (TPSA) is 99.6 Å². The van der Waals surface area contributed by atoms with Gasteiger partial charge in [-0.05, 0) is 31.7 Å². The number of amides is 1. The number of nitrogens with one attached hydrogen (secondary N) is 1. The van der Waals surface area contributed by atoms with Gasteiger partial charge in [0.2, 0.25) is 0 Å². The van der Waals surface area contributed by atoms with Gasteiger partial charge in [0.1, 0.15) is 0 Å². The largest absolute Gasteiger partial charge is 0.381 e. The maximum atomic E-state index is 11.4. The quantitative estimate of drug-likeness (QED) is 0.571. The third-order valence-corrected chi connectivity index (χ3v) is 3.95. The molecular formula is C14H20ClN3O3. The number of anilines is 1. The van der Waals surface area contributed by atoms with Crippen LogP contribution in [0.1, 0.15) is 36.0 Å². The standard InChI is InChI=1S/C14H20ClN3O3/c1-20-21-13-7-12(11(15)6-10(13)14(17)19)18-9-4-2-8(16)3-5-9/h6-9,18H,2-5,16H2,1H3,(H2,17,19). The molecule has 0 saturated heterocycles. The van der Waals surface area contributed by atoms with Crippen LogP contribution in [0, 0.1) is 0 Å². The number of halogens is 1. The van der Waals surface area contributed by atoms with Crippen molar-refractivity contribution in [2.45, 2.75) is 37.8 Å². The molecule has 0 heterocycles. The molecule has 1 aliphatic carbocycles. The van der Waals surface area contributed by atoms with Crippen molar-refractivity contribution in [1.29, 1.82) is 0 Å². The van der Waals surface area contributed by atoms with Crippen molar-refractivity contribution in [1.82, 2.24) is 0 Å². The molecule has 116 valence electrons. The molecule has 0 spiro atoms. The molecule has 0 aliphatic heterocycles. The Morgan fingerprint density at radius 2 is 2.00 bits per heavy atom. The molecule has 5 N–H and O–H groups in total. The lowest BCUT2D eigenvalue weighted by molar-refractivity contribution is -0.178. The number of benzene rings is 1. The predicted molar refractivity (Wildman–Crippen MR) is 81.5 cm³/mol. The molecule has 6 nitrogen and oxygen atoms in total. The molecule has 2 rings (SSSR count). The van der Waals surface area contributed by atoms with Gasteiger partial charge in [0.25, 0.3) is 5.91 Å². The summed E-state index contributed by atoms with van der Waals surface area (Å²) in [5.74, 6) is -0.386. The fourth-order valence-corrected chi connectivity index (χ4v) is 2.72. The second kappa shape index (κ2) is 6.98. The Balaban J connectivity index is 2.19. The lowest BCUT2D eigenvalue weighted by Gasteiger charge is -2.28. The third-order valence-electron chi connectivity index (χ3n) is 3.64. The average molecular weight is 314 g/mol. The van der Waals surface area contributed by atoms with E-state index in [9.17, 15) is 4.79 Å². The van der Waals surface area contributed by atoms with Crippen LogP contribution < -0.4 is 21.7 Å². The van der Waals surface area contributed by atoms with E-state index < -0.39 is 5.91 Å². The van der Waals surface area contributed by atoms with Gasteiger partial charge in [-0.3, -0.25) is 4.79 Å². The minimum absolute atomic E-state index is 0.179. The lowest BCUT2D eigenvalue weighted by Crippen LogP contribution is -2.32. The van der Waals surface area contributed by atoms with E-state index in [4.69, 9.17) is 28.0 Å². The van der Waals surface area contributed by atoms with Crippen LogP contribution in [0.5, 0.6) is 5.75 Å². The SMILES string of the molecule is COOc1cc(NC2CCC(N)CC2)c(Cl)cc1C(N)=O. The Bertz CT molecular complexity index is 516. The van der Waals surface area contributed by atoms with Crippen molar-refractivity contribution in [3.63, 3.8) is 0 Å². The van der Waals surface area contributed by atoms with Gasteiger partial charge in [0, 0.05) is 18.2 Å². The molecular weight excluding hydrogens is 294 g/mol. The molecule has 0 aromatic heterocycles. The monoisotopic (exact) mass is 313 g/mol. The molecule has 1 aromatic carbocycles. The van der Waals surface area contributed by atoms with E-state index in [1.807, 2.05) is 0 Å². The van der Waals surface area contributed by atoms with Crippen LogP contribution >= 0.6 is 11.6 Å². The molecule has 0 unspecified atom stereocenters. The Morgan fingerprint density at radius 3 is 2.57 bits per heavy atom. The van der Waals surface area contributed by atoms with E-state index in [1.54, 1.807) is 6.07 Å². The Labute approximate surface area is 128 Å². The molecule has 1 aromatic rings. The van der Waals surface area contributed by atoms with Crippen molar-refractivity contribution >= 4 is 23.2 Å². The van der Waals surface area contributed by atoms with Crippen molar-refractivity contribution in [2.24, 2.45) is 11.5 Å². The van der Waals surface area contributed by atoms with E-state index in [-0.39, 0.29) is 17.4 Å².